The molecule has 2 aromatic carbocycles. The van der Waals surface area contributed by atoms with Gasteiger partial charge in [0.15, 0.2) is 12.0 Å². The van der Waals surface area contributed by atoms with Crippen LogP contribution in [0.5, 0.6) is 17.2 Å². The Balaban J connectivity index is 1.71. The summed E-state index contributed by atoms with van der Waals surface area (Å²) in [5, 5.41) is 1.38. The number of aldehydes is 1. The molecule has 4 rings (SSSR count). The van der Waals surface area contributed by atoms with E-state index in [0.717, 1.165) is 21.1 Å². The Morgan fingerprint density at radius 2 is 1.51 bits per heavy atom. The molecule has 0 aliphatic carbocycles. The maximum atomic E-state index is 12.8. The Hall–Kier alpha value is -3.63. The average molecular weight is 599 g/mol. The molecule has 0 aliphatic rings. The molecule has 0 N–H and O–H groups in total. The SMILES string of the molecule is CCC(C)(C)C(=O)OCCOc1ccc2sc(-c3sc4ccc(OC)cc4c3C=O)c(OC(=O)OC(C)(C)C)c2c1. The van der Waals surface area contributed by atoms with E-state index in [2.05, 4.69) is 0 Å². The third-order valence-electron chi connectivity index (χ3n) is 6.47. The van der Waals surface area contributed by atoms with E-state index in [0.29, 0.717) is 38.6 Å². The molecule has 0 atom stereocenters. The number of thiophene rings is 2. The van der Waals surface area contributed by atoms with Gasteiger partial charge in [-0.2, -0.15) is 0 Å². The molecule has 10 heteroatoms. The zero-order valence-corrected chi connectivity index (χ0v) is 25.9. The summed E-state index contributed by atoms with van der Waals surface area (Å²) in [6.45, 7) is 11.1. The molecule has 0 amide bonds. The maximum Gasteiger partial charge on any atom is 0.514 e. The lowest BCUT2D eigenvalue weighted by molar-refractivity contribution is -0.154. The Morgan fingerprint density at radius 1 is 0.878 bits per heavy atom. The highest BCUT2D eigenvalue weighted by atomic mass is 32.1. The lowest BCUT2D eigenvalue weighted by Gasteiger charge is -2.20. The highest BCUT2D eigenvalue weighted by molar-refractivity contribution is 7.29. The largest absolute Gasteiger partial charge is 0.514 e. The second-order valence-electron chi connectivity index (χ2n) is 11.0. The van der Waals surface area contributed by atoms with Crippen LogP contribution in [0, 0.1) is 5.41 Å². The summed E-state index contributed by atoms with van der Waals surface area (Å²) in [5.74, 6) is 1.15. The number of ether oxygens (including phenoxy) is 5. The third kappa shape index (κ3) is 6.82. The Morgan fingerprint density at radius 3 is 2.15 bits per heavy atom. The Kier molecular flexibility index (Phi) is 8.94. The first-order valence-corrected chi connectivity index (χ1v) is 14.8. The molecule has 0 spiro atoms. The van der Waals surface area contributed by atoms with E-state index in [-0.39, 0.29) is 24.9 Å². The van der Waals surface area contributed by atoms with Crippen molar-refractivity contribution < 1.29 is 38.1 Å². The van der Waals surface area contributed by atoms with Crippen LogP contribution < -0.4 is 14.2 Å². The van der Waals surface area contributed by atoms with E-state index < -0.39 is 17.2 Å². The molecule has 0 saturated heterocycles. The van der Waals surface area contributed by atoms with Crippen molar-refractivity contribution in [3.63, 3.8) is 0 Å². The molecule has 0 bridgehead atoms. The Labute approximate surface area is 247 Å². The second-order valence-corrected chi connectivity index (χ2v) is 13.1. The molecule has 218 valence electrons. The van der Waals surface area contributed by atoms with Gasteiger partial charge < -0.3 is 23.7 Å². The number of hydrogen-bond acceptors (Lipinski definition) is 10. The molecule has 0 aliphatic heterocycles. The number of hydrogen-bond donors (Lipinski definition) is 0. The van der Waals surface area contributed by atoms with Crippen molar-refractivity contribution in [1.82, 2.24) is 0 Å². The van der Waals surface area contributed by atoms with Crippen LogP contribution >= 0.6 is 22.7 Å². The van der Waals surface area contributed by atoms with Crippen LogP contribution in [0.4, 0.5) is 4.79 Å². The van der Waals surface area contributed by atoms with E-state index in [1.54, 1.807) is 40.0 Å². The first kappa shape index (κ1) is 30.3. The molecular formula is C31H34O8S2. The van der Waals surface area contributed by atoms with Crippen LogP contribution in [0.2, 0.25) is 0 Å². The van der Waals surface area contributed by atoms with Crippen molar-refractivity contribution >= 4 is 61.3 Å². The standard InChI is InChI=1S/C31H34O8S2/c1-8-31(5,6)28(33)37-14-13-36-19-10-12-24-21(16-19)25(38-29(34)39-30(2,3)4)27(41-24)26-22(17-32)20-15-18(35-7)9-11-23(20)40-26/h9-12,15-17H,8,13-14H2,1-7H3. The number of carbonyl (C=O) groups is 3. The highest BCUT2D eigenvalue weighted by Gasteiger charge is 2.28. The van der Waals surface area contributed by atoms with Crippen molar-refractivity contribution in [1.29, 1.82) is 0 Å². The van der Waals surface area contributed by atoms with Gasteiger partial charge in [-0.15, -0.1) is 22.7 Å². The molecule has 4 aromatic rings. The monoisotopic (exact) mass is 598 g/mol. The van der Waals surface area contributed by atoms with Gasteiger partial charge >= 0.3 is 12.1 Å². The van der Waals surface area contributed by atoms with Crippen LogP contribution in [0.25, 0.3) is 29.9 Å². The summed E-state index contributed by atoms with van der Waals surface area (Å²) < 4.78 is 29.6. The summed E-state index contributed by atoms with van der Waals surface area (Å²) in [4.78, 5) is 38.7. The van der Waals surface area contributed by atoms with Gasteiger partial charge in [0.25, 0.3) is 0 Å². The number of benzene rings is 2. The fourth-order valence-corrected chi connectivity index (χ4v) is 6.29. The summed E-state index contributed by atoms with van der Waals surface area (Å²) in [6, 6.07) is 11.0. The van der Waals surface area contributed by atoms with Crippen LogP contribution in [0.3, 0.4) is 0 Å². The minimum absolute atomic E-state index is 0.102. The number of rotatable bonds is 10. The van der Waals surface area contributed by atoms with Gasteiger partial charge in [0.2, 0.25) is 0 Å². The van der Waals surface area contributed by atoms with Gasteiger partial charge in [0.1, 0.15) is 30.3 Å². The first-order chi connectivity index (χ1) is 19.4. The quantitative estimate of drug-likeness (QED) is 0.102. The van der Waals surface area contributed by atoms with E-state index >= 15 is 0 Å². The fraction of sp³-hybridized carbons (Fsp3) is 0.387. The molecule has 0 saturated carbocycles. The molecule has 0 unspecified atom stereocenters. The van der Waals surface area contributed by atoms with E-state index in [9.17, 15) is 14.4 Å². The van der Waals surface area contributed by atoms with E-state index in [4.69, 9.17) is 23.7 Å². The van der Waals surface area contributed by atoms with Crippen molar-refractivity contribution in [2.45, 2.75) is 53.6 Å². The number of carbonyl (C=O) groups excluding carboxylic acids is 3. The van der Waals surface area contributed by atoms with Crippen LogP contribution in [-0.4, -0.2) is 44.3 Å². The predicted octanol–water partition coefficient (Wildman–Crippen LogP) is 8.28. The molecule has 0 radical (unpaired) electrons. The number of esters is 1. The summed E-state index contributed by atoms with van der Waals surface area (Å²) in [5.41, 5.74) is -0.834. The first-order valence-electron chi connectivity index (χ1n) is 13.2. The van der Waals surface area contributed by atoms with Crippen LogP contribution in [0.1, 0.15) is 58.3 Å². The van der Waals surface area contributed by atoms with Gasteiger partial charge in [-0.05, 0) is 77.4 Å². The third-order valence-corrected chi connectivity index (χ3v) is 8.97. The van der Waals surface area contributed by atoms with Gasteiger partial charge in [-0.3, -0.25) is 9.59 Å². The predicted molar refractivity (Wildman–Crippen MR) is 162 cm³/mol. The van der Waals surface area contributed by atoms with Crippen LogP contribution in [0.15, 0.2) is 36.4 Å². The van der Waals surface area contributed by atoms with Gasteiger partial charge in [0, 0.05) is 25.7 Å². The Bertz CT molecular complexity index is 1590. The molecule has 41 heavy (non-hydrogen) atoms. The van der Waals surface area contributed by atoms with Gasteiger partial charge in [-0.1, -0.05) is 6.92 Å². The average Bonchev–Trinajstić information content (AvgIpc) is 3.46. The number of methoxy groups -OCH3 is 1. The molecule has 2 heterocycles. The smallest absolute Gasteiger partial charge is 0.497 e. The van der Waals surface area contributed by atoms with Crippen molar-refractivity contribution in [3.05, 3.63) is 42.0 Å². The van der Waals surface area contributed by atoms with Crippen LogP contribution in [-0.2, 0) is 14.3 Å². The minimum atomic E-state index is -0.856. The van der Waals surface area contributed by atoms with Crippen molar-refractivity contribution in [2.75, 3.05) is 20.3 Å². The van der Waals surface area contributed by atoms with Gasteiger partial charge in [0.05, 0.1) is 22.3 Å². The topological polar surface area (TPSA) is 97.4 Å². The summed E-state index contributed by atoms with van der Waals surface area (Å²) >= 11 is 2.83. The number of fused-ring (bicyclic) bond motifs is 2. The molecule has 2 aromatic heterocycles. The second kappa shape index (κ2) is 12.1. The zero-order valence-electron chi connectivity index (χ0n) is 24.2. The summed E-state index contributed by atoms with van der Waals surface area (Å²) in [6.07, 6.45) is 0.625. The van der Waals surface area contributed by atoms with Crippen molar-refractivity contribution in [3.8, 4) is 27.0 Å². The fourth-order valence-electron chi connectivity index (χ4n) is 3.89. The van der Waals surface area contributed by atoms with E-state index in [1.165, 1.54) is 22.7 Å². The normalized spacial score (nSPS) is 11.9. The van der Waals surface area contributed by atoms with Gasteiger partial charge in [-0.25, -0.2) is 4.79 Å². The maximum absolute atomic E-state index is 12.8. The summed E-state index contributed by atoms with van der Waals surface area (Å²) in [7, 11) is 1.57. The zero-order chi connectivity index (χ0) is 29.9. The van der Waals surface area contributed by atoms with Crippen molar-refractivity contribution in [2.24, 2.45) is 5.41 Å². The minimum Gasteiger partial charge on any atom is -0.497 e. The molecular weight excluding hydrogens is 564 g/mol. The van der Waals surface area contributed by atoms with E-state index in [1.807, 2.05) is 45.0 Å². The lowest BCUT2D eigenvalue weighted by atomic mass is 9.91. The molecule has 0 fully saturated rings. The lowest BCUT2D eigenvalue weighted by Crippen LogP contribution is -2.27. The highest BCUT2D eigenvalue weighted by Crippen LogP contribution is 2.50. The molecule has 8 nitrogen and oxygen atoms in total.